The average molecular weight is 379 g/mol. The second-order valence-electron chi connectivity index (χ2n) is 5.35. The molecule has 0 heterocycles. The van der Waals surface area contributed by atoms with Crippen LogP contribution < -0.4 is 24.3 Å². The van der Waals surface area contributed by atoms with Crippen LogP contribution in [0.3, 0.4) is 0 Å². The third-order valence-corrected chi connectivity index (χ3v) is 3.69. The van der Waals surface area contributed by atoms with E-state index >= 15 is 0 Å². The molecule has 146 valence electrons. The number of ether oxygens (including phenoxy) is 5. The Kier molecular flexibility index (Phi) is 7.25. The van der Waals surface area contributed by atoms with E-state index in [9.17, 15) is 9.18 Å². The molecule has 0 fully saturated rings. The third kappa shape index (κ3) is 5.01. The summed E-state index contributed by atoms with van der Waals surface area (Å²) in [5, 5.41) is 2.62. The predicted octanol–water partition coefficient (Wildman–Crippen LogP) is 3.13. The molecule has 0 unspecified atom stereocenters. The number of carbonyl (C=O) groups is 1. The summed E-state index contributed by atoms with van der Waals surface area (Å²) in [7, 11) is 5.91. The van der Waals surface area contributed by atoms with Gasteiger partial charge in [0.05, 0.1) is 33.5 Å². The fourth-order valence-electron chi connectivity index (χ4n) is 2.34. The molecule has 2 rings (SSSR count). The number of nitrogens with one attached hydrogen (secondary N) is 1. The van der Waals surface area contributed by atoms with Crippen LogP contribution in [0.25, 0.3) is 0 Å². The zero-order valence-corrected chi connectivity index (χ0v) is 15.6. The maximum absolute atomic E-state index is 14.1. The summed E-state index contributed by atoms with van der Waals surface area (Å²) in [6.45, 7) is 0.568. The zero-order chi connectivity index (χ0) is 19.8. The van der Waals surface area contributed by atoms with E-state index in [1.165, 1.54) is 52.7 Å². The molecule has 8 heteroatoms. The molecule has 1 amide bonds. The van der Waals surface area contributed by atoms with Crippen molar-refractivity contribution in [3.8, 4) is 23.0 Å². The first-order chi connectivity index (χ1) is 13.0. The second kappa shape index (κ2) is 9.63. The number of halogens is 1. The number of benzene rings is 2. The molecule has 0 saturated heterocycles. The minimum atomic E-state index is -0.594. The molecule has 1 N–H and O–H groups in total. The van der Waals surface area contributed by atoms with E-state index in [4.69, 9.17) is 23.7 Å². The van der Waals surface area contributed by atoms with Crippen molar-refractivity contribution < 1.29 is 32.9 Å². The highest BCUT2D eigenvalue weighted by molar-refractivity contribution is 6.06. The molecule has 27 heavy (non-hydrogen) atoms. The molecular weight excluding hydrogens is 357 g/mol. The molecule has 7 nitrogen and oxygen atoms in total. The molecule has 0 saturated carbocycles. The Morgan fingerprint density at radius 1 is 0.889 bits per heavy atom. The van der Waals surface area contributed by atoms with Crippen molar-refractivity contribution in [3.63, 3.8) is 0 Å². The van der Waals surface area contributed by atoms with Crippen LogP contribution in [-0.2, 0) is 4.74 Å². The first-order valence-corrected chi connectivity index (χ1v) is 8.06. The summed E-state index contributed by atoms with van der Waals surface area (Å²) in [4.78, 5) is 12.6. The third-order valence-electron chi connectivity index (χ3n) is 3.69. The minimum Gasteiger partial charge on any atom is -0.496 e. The monoisotopic (exact) mass is 379 g/mol. The van der Waals surface area contributed by atoms with Crippen LogP contribution in [0, 0.1) is 5.82 Å². The highest BCUT2D eigenvalue weighted by Crippen LogP contribution is 2.35. The number of rotatable bonds is 9. The van der Waals surface area contributed by atoms with Crippen molar-refractivity contribution in [2.75, 3.05) is 47.0 Å². The van der Waals surface area contributed by atoms with Gasteiger partial charge in [0.1, 0.15) is 12.4 Å². The van der Waals surface area contributed by atoms with Crippen molar-refractivity contribution >= 4 is 11.6 Å². The summed E-state index contributed by atoms with van der Waals surface area (Å²) in [5.74, 6) is 0.0911. The van der Waals surface area contributed by atoms with Gasteiger partial charge in [-0.3, -0.25) is 4.79 Å². The Hall–Kier alpha value is -3.00. The molecule has 0 atom stereocenters. The topological polar surface area (TPSA) is 75.3 Å². The van der Waals surface area contributed by atoms with Gasteiger partial charge in [0.2, 0.25) is 0 Å². The van der Waals surface area contributed by atoms with Gasteiger partial charge in [0, 0.05) is 31.0 Å². The number of anilines is 1. The Labute approximate surface area is 156 Å². The number of hydrogen-bond donors (Lipinski definition) is 1. The lowest BCUT2D eigenvalue weighted by Crippen LogP contribution is -2.14. The van der Waals surface area contributed by atoms with Crippen LogP contribution in [0.1, 0.15) is 10.4 Å². The van der Waals surface area contributed by atoms with Crippen LogP contribution >= 0.6 is 0 Å². The molecule has 0 bridgehead atoms. The molecule has 0 aliphatic rings. The van der Waals surface area contributed by atoms with E-state index in [0.29, 0.717) is 23.9 Å². The van der Waals surface area contributed by atoms with Crippen molar-refractivity contribution in [2.45, 2.75) is 0 Å². The van der Waals surface area contributed by atoms with Gasteiger partial charge >= 0.3 is 0 Å². The Morgan fingerprint density at radius 3 is 2.15 bits per heavy atom. The fraction of sp³-hybridized carbons (Fsp3) is 0.316. The largest absolute Gasteiger partial charge is 0.496 e. The molecular formula is C19H22FNO6. The molecule has 2 aromatic rings. The van der Waals surface area contributed by atoms with Gasteiger partial charge in [-0.2, -0.15) is 0 Å². The van der Waals surface area contributed by atoms with E-state index in [1.807, 2.05) is 0 Å². The highest BCUT2D eigenvalue weighted by atomic mass is 19.1. The summed E-state index contributed by atoms with van der Waals surface area (Å²) < 4.78 is 39.9. The lowest BCUT2D eigenvalue weighted by atomic mass is 10.1. The normalized spacial score (nSPS) is 10.3. The van der Waals surface area contributed by atoms with E-state index in [1.54, 1.807) is 6.07 Å². The lowest BCUT2D eigenvalue weighted by Gasteiger charge is -2.14. The average Bonchev–Trinajstić information content (AvgIpc) is 2.68. The summed E-state index contributed by atoms with van der Waals surface area (Å²) >= 11 is 0. The quantitative estimate of drug-likeness (QED) is 0.675. The van der Waals surface area contributed by atoms with Gasteiger partial charge in [-0.05, 0) is 12.1 Å². The minimum absolute atomic E-state index is 0.0775. The maximum Gasteiger partial charge on any atom is 0.259 e. The number of methoxy groups -OCH3 is 4. The second-order valence-corrected chi connectivity index (χ2v) is 5.35. The summed E-state index contributed by atoms with van der Waals surface area (Å²) in [5.41, 5.74) is 0.490. The van der Waals surface area contributed by atoms with Crippen LogP contribution in [-0.4, -0.2) is 47.6 Å². The van der Waals surface area contributed by atoms with Crippen molar-refractivity contribution in [1.82, 2.24) is 0 Å². The SMILES string of the molecule is COCCOc1ccc(NC(=O)c2cc(OC)c(OC)cc2OC)cc1F. The maximum atomic E-state index is 14.1. The van der Waals surface area contributed by atoms with Crippen LogP contribution in [0.15, 0.2) is 30.3 Å². The lowest BCUT2D eigenvalue weighted by molar-refractivity contribution is 0.102. The predicted molar refractivity (Wildman–Crippen MR) is 97.8 cm³/mol. The Bertz CT molecular complexity index is 796. The summed E-state index contributed by atoms with van der Waals surface area (Å²) in [6, 6.07) is 7.18. The fourth-order valence-corrected chi connectivity index (χ4v) is 2.34. The van der Waals surface area contributed by atoms with Gasteiger partial charge in [0.15, 0.2) is 23.1 Å². The van der Waals surface area contributed by atoms with Crippen LogP contribution in [0.5, 0.6) is 23.0 Å². The number of hydrogen-bond acceptors (Lipinski definition) is 6. The highest BCUT2D eigenvalue weighted by Gasteiger charge is 2.18. The first-order valence-electron chi connectivity index (χ1n) is 8.06. The van der Waals surface area contributed by atoms with Gasteiger partial charge in [-0.1, -0.05) is 0 Å². The standard InChI is InChI=1S/C19H22FNO6/c1-23-7-8-27-15-6-5-12(9-14(15)20)21-19(22)13-10-17(25-3)18(26-4)11-16(13)24-2/h5-6,9-11H,7-8H2,1-4H3,(H,21,22). The van der Waals surface area contributed by atoms with Crippen LogP contribution in [0.4, 0.5) is 10.1 Å². The molecule has 0 aliphatic heterocycles. The van der Waals surface area contributed by atoms with Gasteiger partial charge in [-0.25, -0.2) is 4.39 Å². The zero-order valence-electron chi connectivity index (χ0n) is 15.6. The van der Waals surface area contributed by atoms with Gasteiger partial charge < -0.3 is 29.0 Å². The molecule has 0 radical (unpaired) electrons. The molecule has 0 aromatic heterocycles. The van der Waals surface area contributed by atoms with E-state index < -0.39 is 11.7 Å². The Balaban J connectivity index is 2.20. The molecule has 2 aromatic carbocycles. The van der Waals surface area contributed by atoms with Crippen molar-refractivity contribution in [3.05, 3.63) is 41.7 Å². The number of carbonyl (C=O) groups excluding carboxylic acids is 1. The summed E-state index contributed by atoms with van der Waals surface area (Å²) in [6.07, 6.45) is 0. The van der Waals surface area contributed by atoms with Gasteiger partial charge in [0.25, 0.3) is 5.91 Å². The van der Waals surface area contributed by atoms with E-state index in [2.05, 4.69) is 5.32 Å². The van der Waals surface area contributed by atoms with E-state index in [0.717, 1.165) is 0 Å². The van der Waals surface area contributed by atoms with Crippen LogP contribution in [0.2, 0.25) is 0 Å². The Morgan fingerprint density at radius 2 is 1.56 bits per heavy atom. The van der Waals surface area contributed by atoms with Crippen molar-refractivity contribution in [2.24, 2.45) is 0 Å². The molecule has 0 aliphatic carbocycles. The van der Waals surface area contributed by atoms with Crippen molar-refractivity contribution in [1.29, 1.82) is 0 Å². The number of amides is 1. The van der Waals surface area contributed by atoms with Gasteiger partial charge in [-0.15, -0.1) is 0 Å². The smallest absolute Gasteiger partial charge is 0.259 e. The van der Waals surface area contributed by atoms with E-state index in [-0.39, 0.29) is 23.6 Å². The first kappa shape index (κ1) is 20.3. The molecule has 0 spiro atoms.